The number of likely N-dealkylation sites (tertiary alicyclic amines) is 1. The Bertz CT molecular complexity index is 684. The second-order valence-corrected chi connectivity index (χ2v) is 7.02. The third kappa shape index (κ3) is 3.64. The molecule has 0 radical (unpaired) electrons. The summed E-state index contributed by atoms with van der Waals surface area (Å²) >= 11 is 0. The Kier molecular flexibility index (Phi) is 5.24. The van der Waals surface area contributed by atoms with E-state index in [-0.39, 0.29) is 0 Å². The van der Waals surface area contributed by atoms with Gasteiger partial charge in [-0.15, -0.1) is 0 Å². The van der Waals surface area contributed by atoms with Crippen molar-refractivity contribution in [1.29, 1.82) is 0 Å². The van der Waals surface area contributed by atoms with Gasteiger partial charge in [-0.1, -0.05) is 6.07 Å². The fraction of sp³-hybridized carbons (Fsp3) is 0.550. The smallest absolute Gasteiger partial charge is 0.122 e. The van der Waals surface area contributed by atoms with Crippen LogP contribution < -0.4 is 4.74 Å². The summed E-state index contributed by atoms with van der Waals surface area (Å²) in [6, 6.07) is 4.33. The van der Waals surface area contributed by atoms with Gasteiger partial charge in [-0.25, -0.2) is 4.98 Å². The second kappa shape index (κ2) is 7.39. The molecule has 130 valence electrons. The lowest BCUT2D eigenvalue weighted by Crippen LogP contribution is -2.34. The van der Waals surface area contributed by atoms with Crippen LogP contribution in [0.3, 0.4) is 0 Å². The maximum atomic E-state index is 5.42. The first-order valence-corrected chi connectivity index (χ1v) is 8.91. The van der Waals surface area contributed by atoms with E-state index in [9.17, 15) is 0 Å². The maximum absolute atomic E-state index is 5.42. The number of hydrogen-bond donors (Lipinski definition) is 0. The Morgan fingerprint density at radius 3 is 2.50 bits per heavy atom. The Hall–Kier alpha value is -1.81. The molecule has 2 heterocycles. The van der Waals surface area contributed by atoms with E-state index < -0.39 is 0 Å². The van der Waals surface area contributed by atoms with Gasteiger partial charge in [0, 0.05) is 25.5 Å². The highest BCUT2D eigenvalue weighted by Gasteiger charge is 2.20. The maximum Gasteiger partial charge on any atom is 0.122 e. The fourth-order valence-electron chi connectivity index (χ4n) is 3.69. The van der Waals surface area contributed by atoms with Gasteiger partial charge in [0.1, 0.15) is 11.6 Å². The molecule has 1 aromatic carbocycles. The molecule has 0 amide bonds. The molecule has 0 spiro atoms. The Balaban J connectivity index is 1.56. The van der Waals surface area contributed by atoms with Crippen molar-refractivity contribution < 1.29 is 4.74 Å². The van der Waals surface area contributed by atoms with Gasteiger partial charge in [0.25, 0.3) is 0 Å². The molecule has 0 N–H and O–H groups in total. The van der Waals surface area contributed by atoms with Gasteiger partial charge in [0.2, 0.25) is 0 Å². The zero-order valence-electron chi connectivity index (χ0n) is 15.4. The summed E-state index contributed by atoms with van der Waals surface area (Å²) in [4.78, 5) is 6.92. The molecule has 1 aliphatic heterocycles. The summed E-state index contributed by atoms with van der Waals surface area (Å²) in [7, 11) is 1.74. The largest absolute Gasteiger partial charge is 0.496 e. The van der Waals surface area contributed by atoms with Crippen LogP contribution in [-0.2, 0) is 13.1 Å². The molecule has 0 unspecified atom stereocenters. The topological polar surface area (TPSA) is 30.3 Å². The molecule has 2 aromatic rings. The average molecular weight is 327 g/mol. The zero-order valence-corrected chi connectivity index (χ0v) is 15.4. The minimum Gasteiger partial charge on any atom is -0.496 e. The van der Waals surface area contributed by atoms with Crippen molar-refractivity contribution in [3.8, 4) is 5.75 Å². The number of aryl methyl sites for hydroxylation is 1. The highest BCUT2D eigenvalue weighted by atomic mass is 16.5. The van der Waals surface area contributed by atoms with Gasteiger partial charge in [-0.2, -0.15) is 0 Å². The van der Waals surface area contributed by atoms with Crippen LogP contribution in [-0.4, -0.2) is 34.7 Å². The lowest BCUT2D eigenvalue weighted by atomic mass is 9.95. The van der Waals surface area contributed by atoms with Gasteiger partial charge in [0.15, 0.2) is 0 Å². The summed E-state index contributed by atoms with van der Waals surface area (Å²) in [6.07, 6.45) is 6.54. The van der Waals surface area contributed by atoms with Crippen LogP contribution in [0.25, 0.3) is 0 Å². The molecule has 1 aromatic heterocycles. The minimum atomic E-state index is 0.771. The van der Waals surface area contributed by atoms with Crippen LogP contribution in [0.4, 0.5) is 0 Å². The molecule has 3 rings (SSSR count). The molecule has 0 aliphatic carbocycles. The minimum absolute atomic E-state index is 0.771. The van der Waals surface area contributed by atoms with E-state index in [1.54, 1.807) is 7.11 Å². The highest BCUT2D eigenvalue weighted by Crippen LogP contribution is 2.26. The standard InChI is InChI=1S/C20H29N3O/c1-15-16(2)20(24-4)6-5-19(15)14-22-10-7-18(8-11-22)13-23-12-9-21-17(23)3/h5-6,9,12,18H,7-8,10-11,13-14H2,1-4H3. The molecule has 1 saturated heterocycles. The van der Waals surface area contributed by atoms with Crippen LogP contribution in [0, 0.1) is 26.7 Å². The van der Waals surface area contributed by atoms with Crippen molar-refractivity contribution in [1.82, 2.24) is 14.5 Å². The lowest BCUT2D eigenvalue weighted by Gasteiger charge is -2.32. The van der Waals surface area contributed by atoms with Gasteiger partial charge in [-0.05, 0) is 75.4 Å². The van der Waals surface area contributed by atoms with E-state index in [4.69, 9.17) is 4.74 Å². The summed E-state index contributed by atoms with van der Waals surface area (Å²) in [5.41, 5.74) is 4.06. The van der Waals surface area contributed by atoms with E-state index in [1.165, 1.54) is 42.6 Å². The quantitative estimate of drug-likeness (QED) is 0.838. The number of piperidine rings is 1. The van der Waals surface area contributed by atoms with Crippen molar-refractivity contribution in [3.05, 3.63) is 47.0 Å². The van der Waals surface area contributed by atoms with Gasteiger partial charge < -0.3 is 9.30 Å². The van der Waals surface area contributed by atoms with Crippen molar-refractivity contribution in [2.75, 3.05) is 20.2 Å². The Morgan fingerprint density at radius 2 is 1.88 bits per heavy atom. The Labute approximate surface area is 145 Å². The fourth-order valence-corrected chi connectivity index (χ4v) is 3.69. The number of nitrogens with zero attached hydrogens (tertiary/aromatic N) is 3. The third-order valence-electron chi connectivity index (χ3n) is 5.55. The zero-order chi connectivity index (χ0) is 17.1. The molecular weight excluding hydrogens is 298 g/mol. The lowest BCUT2D eigenvalue weighted by molar-refractivity contribution is 0.166. The predicted molar refractivity (Wildman–Crippen MR) is 97.4 cm³/mol. The third-order valence-corrected chi connectivity index (χ3v) is 5.55. The van der Waals surface area contributed by atoms with E-state index in [0.29, 0.717) is 0 Å². The average Bonchev–Trinajstić information content (AvgIpc) is 2.99. The molecule has 1 aliphatic rings. The number of imidazole rings is 1. The first-order chi connectivity index (χ1) is 11.6. The van der Waals surface area contributed by atoms with Gasteiger partial charge >= 0.3 is 0 Å². The summed E-state index contributed by atoms with van der Waals surface area (Å²) in [5, 5.41) is 0. The number of aromatic nitrogens is 2. The number of methoxy groups -OCH3 is 1. The first kappa shape index (κ1) is 17.0. The van der Waals surface area contributed by atoms with Crippen LogP contribution in [0.2, 0.25) is 0 Å². The summed E-state index contributed by atoms with van der Waals surface area (Å²) in [5.74, 6) is 2.89. The van der Waals surface area contributed by atoms with Crippen molar-refractivity contribution in [2.24, 2.45) is 5.92 Å². The predicted octanol–water partition coefficient (Wildman–Crippen LogP) is 3.73. The second-order valence-electron chi connectivity index (χ2n) is 7.02. The number of benzene rings is 1. The van der Waals surface area contributed by atoms with Gasteiger partial charge in [-0.3, -0.25) is 4.90 Å². The van der Waals surface area contributed by atoms with Gasteiger partial charge in [0.05, 0.1) is 7.11 Å². The Morgan fingerprint density at radius 1 is 1.12 bits per heavy atom. The molecular formula is C20H29N3O. The first-order valence-electron chi connectivity index (χ1n) is 8.91. The van der Waals surface area contributed by atoms with Crippen molar-refractivity contribution in [2.45, 2.75) is 46.7 Å². The number of ether oxygens (including phenoxy) is 1. The number of hydrogen-bond acceptors (Lipinski definition) is 3. The summed E-state index contributed by atoms with van der Waals surface area (Å²) < 4.78 is 7.71. The van der Waals surface area contributed by atoms with Crippen LogP contribution in [0.15, 0.2) is 24.5 Å². The molecule has 1 fully saturated rings. The molecule has 0 saturated carbocycles. The normalized spacial score (nSPS) is 16.5. The van der Waals surface area contributed by atoms with Crippen molar-refractivity contribution in [3.63, 3.8) is 0 Å². The van der Waals surface area contributed by atoms with Crippen LogP contribution in [0.1, 0.15) is 35.4 Å². The molecule has 4 nitrogen and oxygen atoms in total. The van der Waals surface area contributed by atoms with E-state index >= 15 is 0 Å². The van der Waals surface area contributed by atoms with E-state index in [2.05, 4.69) is 53.6 Å². The monoisotopic (exact) mass is 327 g/mol. The molecule has 0 atom stereocenters. The molecule has 24 heavy (non-hydrogen) atoms. The van der Waals surface area contributed by atoms with Crippen LogP contribution >= 0.6 is 0 Å². The highest BCUT2D eigenvalue weighted by molar-refractivity contribution is 5.43. The SMILES string of the molecule is COc1ccc(CN2CCC(Cn3ccnc3C)CC2)c(C)c1C. The van der Waals surface area contributed by atoms with E-state index in [0.717, 1.165) is 30.6 Å². The number of rotatable bonds is 5. The molecule has 4 heteroatoms. The van der Waals surface area contributed by atoms with E-state index in [1.807, 2.05) is 6.20 Å². The van der Waals surface area contributed by atoms with Crippen molar-refractivity contribution >= 4 is 0 Å². The molecule has 0 bridgehead atoms. The summed E-state index contributed by atoms with van der Waals surface area (Å²) in [6.45, 7) is 11.0. The van der Waals surface area contributed by atoms with Crippen LogP contribution in [0.5, 0.6) is 5.75 Å².